The normalized spacial score (nSPS) is 11.5. The fourth-order valence-electron chi connectivity index (χ4n) is 4.44. The number of imidazole rings is 1. The van der Waals surface area contributed by atoms with Gasteiger partial charge in [0.25, 0.3) is 0 Å². The first kappa shape index (κ1) is 30.4. The number of ether oxygens (including phenoxy) is 3. The summed E-state index contributed by atoms with van der Waals surface area (Å²) in [4.78, 5) is 29.8. The Kier molecular flexibility index (Phi) is 9.68. The zero-order valence-electron chi connectivity index (χ0n) is 24.5. The summed E-state index contributed by atoms with van der Waals surface area (Å²) in [5, 5.41) is 25.2. The third-order valence-corrected chi connectivity index (χ3v) is 6.41. The summed E-state index contributed by atoms with van der Waals surface area (Å²) in [6.07, 6.45) is 1.04. The number of benzene rings is 2. The van der Waals surface area contributed by atoms with E-state index in [1.807, 2.05) is 48.5 Å². The number of carbonyl (C=O) groups is 2. The van der Waals surface area contributed by atoms with E-state index in [0.717, 1.165) is 35.1 Å². The number of nitrogens with one attached hydrogen (secondary N) is 1. The number of unbranched alkanes of at least 4 members (excludes halogenated alkanes) is 1. The largest absolute Gasteiger partial charge is 0.511 e. The number of hydrogen-bond donors (Lipinski definition) is 2. The molecule has 12 nitrogen and oxygen atoms in total. The average molecular weight is 577 g/mol. The average Bonchev–Trinajstić information content (AvgIpc) is 3.61. The summed E-state index contributed by atoms with van der Waals surface area (Å²) >= 11 is 0. The zero-order valence-corrected chi connectivity index (χ0v) is 24.5. The van der Waals surface area contributed by atoms with Crippen molar-refractivity contribution in [3.63, 3.8) is 0 Å². The Hall–Kier alpha value is -4.58. The van der Waals surface area contributed by atoms with Crippen molar-refractivity contribution in [3.05, 3.63) is 71.3 Å². The Morgan fingerprint density at radius 2 is 1.76 bits per heavy atom. The highest BCUT2D eigenvalue weighted by molar-refractivity contribution is 5.89. The molecule has 4 aromatic rings. The number of rotatable bonds is 12. The Balaban J connectivity index is 1.64. The first-order valence-corrected chi connectivity index (χ1v) is 13.8. The molecule has 0 atom stereocenters. The lowest BCUT2D eigenvalue weighted by Gasteiger charge is -2.18. The molecule has 0 saturated carbocycles. The maximum absolute atomic E-state index is 13.4. The second-order valence-corrected chi connectivity index (χ2v) is 10.6. The molecular weight excluding hydrogens is 540 g/mol. The van der Waals surface area contributed by atoms with Gasteiger partial charge in [-0.3, -0.25) is 0 Å². The molecule has 0 amide bonds. The van der Waals surface area contributed by atoms with E-state index < -0.39 is 24.5 Å². The minimum atomic E-state index is -1.43. The van der Waals surface area contributed by atoms with Gasteiger partial charge in [0.2, 0.25) is 6.79 Å². The molecule has 0 aliphatic heterocycles. The van der Waals surface area contributed by atoms with Crippen LogP contribution in [0.1, 0.15) is 75.0 Å². The van der Waals surface area contributed by atoms with Gasteiger partial charge in [-0.2, -0.15) is 0 Å². The van der Waals surface area contributed by atoms with Crippen molar-refractivity contribution in [2.24, 2.45) is 0 Å². The van der Waals surface area contributed by atoms with Crippen LogP contribution in [0.4, 0.5) is 4.79 Å². The van der Waals surface area contributed by atoms with E-state index in [1.165, 1.54) is 0 Å². The number of aromatic nitrogens is 6. The summed E-state index contributed by atoms with van der Waals surface area (Å²) in [5.74, 6) is 0.441. The second-order valence-electron chi connectivity index (χ2n) is 10.6. The van der Waals surface area contributed by atoms with Crippen molar-refractivity contribution in [2.45, 2.75) is 72.1 Å². The smallest absolute Gasteiger partial charge is 0.431 e. The molecule has 2 N–H and O–H groups in total. The molecule has 0 saturated heterocycles. The van der Waals surface area contributed by atoms with Gasteiger partial charge in [-0.05, 0) is 61.2 Å². The molecule has 0 aliphatic rings. The van der Waals surface area contributed by atoms with Gasteiger partial charge in [0.05, 0.1) is 6.10 Å². The number of aromatic amines is 1. The van der Waals surface area contributed by atoms with Crippen molar-refractivity contribution in [3.8, 4) is 22.5 Å². The molecule has 42 heavy (non-hydrogen) atoms. The molecule has 0 spiro atoms. The molecule has 12 heteroatoms. The van der Waals surface area contributed by atoms with E-state index >= 15 is 0 Å². The first-order valence-electron chi connectivity index (χ1n) is 13.8. The topological polar surface area (TPSA) is 154 Å². The predicted octanol–water partition coefficient (Wildman–Crippen LogP) is 5.02. The lowest BCUT2D eigenvalue weighted by molar-refractivity contribution is -0.0355. The number of aliphatic hydroxyl groups is 1. The molecule has 2 aromatic heterocycles. The van der Waals surface area contributed by atoms with Gasteiger partial charge in [0.15, 0.2) is 11.5 Å². The maximum Gasteiger partial charge on any atom is 0.511 e. The fourth-order valence-corrected chi connectivity index (χ4v) is 4.44. The number of esters is 1. The molecule has 0 bridgehead atoms. The van der Waals surface area contributed by atoms with Gasteiger partial charge in [-0.1, -0.05) is 61.9 Å². The van der Waals surface area contributed by atoms with Crippen molar-refractivity contribution in [2.75, 3.05) is 6.79 Å². The third kappa shape index (κ3) is 7.38. The zero-order chi connectivity index (χ0) is 30.3. The number of aryl methyl sites for hydroxylation is 1. The van der Waals surface area contributed by atoms with Crippen LogP contribution in [-0.2, 0) is 32.8 Å². The fraction of sp³-hybridized carbons (Fsp3) is 0.400. The van der Waals surface area contributed by atoms with Gasteiger partial charge in [0.1, 0.15) is 17.1 Å². The molecule has 0 aliphatic carbocycles. The van der Waals surface area contributed by atoms with Crippen molar-refractivity contribution < 1.29 is 28.9 Å². The molecule has 0 fully saturated rings. The van der Waals surface area contributed by atoms with Crippen LogP contribution in [0.5, 0.6) is 0 Å². The van der Waals surface area contributed by atoms with Gasteiger partial charge in [-0.25, -0.2) is 19.7 Å². The van der Waals surface area contributed by atoms with Crippen molar-refractivity contribution in [1.82, 2.24) is 30.2 Å². The van der Waals surface area contributed by atoms with Crippen LogP contribution in [-0.4, -0.2) is 60.3 Å². The number of carbonyl (C=O) groups excluding carboxylic acids is 2. The molecule has 2 aromatic carbocycles. The number of tetrazole rings is 1. The second kappa shape index (κ2) is 13.4. The molecule has 4 rings (SSSR count). The van der Waals surface area contributed by atoms with E-state index in [0.29, 0.717) is 24.6 Å². The van der Waals surface area contributed by atoms with Crippen molar-refractivity contribution >= 4 is 12.1 Å². The molecule has 2 heterocycles. The Bertz CT molecular complexity index is 1490. The van der Waals surface area contributed by atoms with Crippen LogP contribution in [0.3, 0.4) is 0 Å². The van der Waals surface area contributed by atoms with Crippen LogP contribution >= 0.6 is 0 Å². The van der Waals surface area contributed by atoms with E-state index in [1.54, 1.807) is 32.3 Å². The quantitative estimate of drug-likeness (QED) is 0.173. The minimum Gasteiger partial charge on any atom is -0.431 e. The van der Waals surface area contributed by atoms with Crippen LogP contribution in [0.15, 0.2) is 48.5 Å². The van der Waals surface area contributed by atoms with Gasteiger partial charge in [0, 0.05) is 18.5 Å². The van der Waals surface area contributed by atoms with E-state index in [4.69, 9.17) is 14.2 Å². The van der Waals surface area contributed by atoms with E-state index in [9.17, 15) is 14.7 Å². The standard InChI is InChI=1S/C30H36N6O6/c1-6-7-12-24-31-26(30(4,5)39)25(28(37)40-18-41-29(38)42-19(2)3)36(24)17-20-13-15-21(16-14-20)22-10-8-9-11-23(22)27-32-34-35-33-27/h8-11,13-16,19,39H,6-7,12,17-18H2,1-5H3,(H,32,33,34,35). The van der Waals surface area contributed by atoms with E-state index in [-0.39, 0.29) is 17.5 Å². The SMILES string of the molecule is CCCCc1nc(C(C)(C)O)c(C(=O)OCOC(=O)OC(C)C)n1Cc1ccc(-c2ccccc2-c2nnn[nH]2)cc1. The van der Waals surface area contributed by atoms with Gasteiger partial charge in [-0.15, -0.1) is 5.10 Å². The number of H-pyrrole nitrogens is 1. The van der Waals surface area contributed by atoms with Crippen LogP contribution < -0.4 is 0 Å². The van der Waals surface area contributed by atoms with Crippen LogP contribution in [0.2, 0.25) is 0 Å². The van der Waals surface area contributed by atoms with Gasteiger partial charge < -0.3 is 23.9 Å². The molecule has 222 valence electrons. The number of hydrogen-bond acceptors (Lipinski definition) is 10. The van der Waals surface area contributed by atoms with Crippen molar-refractivity contribution in [1.29, 1.82) is 0 Å². The Morgan fingerprint density at radius 3 is 2.38 bits per heavy atom. The highest BCUT2D eigenvalue weighted by atomic mass is 16.8. The highest BCUT2D eigenvalue weighted by Gasteiger charge is 2.33. The van der Waals surface area contributed by atoms with E-state index in [2.05, 4.69) is 32.5 Å². The first-order chi connectivity index (χ1) is 20.1. The summed E-state index contributed by atoms with van der Waals surface area (Å²) in [7, 11) is 0. The lowest BCUT2D eigenvalue weighted by atomic mass is 9.98. The summed E-state index contributed by atoms with van der Waals surface area (Å²) < 4.78 is 16.8. The monoisotopic (exact) mass is 576 g/mol. The highest BCUT2D eigenvalue weighted by Crippen LogP contribution is 2.31. The third-order valence-electron chi connectivity index (χ3n) is 6.41. The van der Waals surface area contributed by atoms with Crippen LogP contribution in [0.25, 0.3) is 22.5 Å². The lowest BCUT2D eigenvalue weighted by Crippen LogP contribution is -2.24. The summed E-state index contributed by atoms with van der Waals surface area (Å²) in [5.41, 5.74) is 2.55. The summed E-state index contributed by atoms with van der Waals surface area (Å²) in [6.45, 7) is 8.21. The maximum atomic E-state index is 13.4. The van der Waals surface area contributed by atoms with Gasteiger partial charge >= 0.3 is 12.1 Å². The summed E-state index contributed by atoms with van der Waals surface area (Å²) in [6, 6.07) is 15.7. The molecule has 0 radical (unpaired) electrons. The van der Waals surface area contributed by atoms with Crippen LogP contribution in [0, 0.1) is 0 Å². The Labute approximate surface area is 244 Å². The molecular formula is C30H36N6O6. The molecule has 0 unspecified atom stereocenters. The predicted molar refractivity (Wildman–Crippen MR) is 153 cm³/mol. The minimum absolute atomic E-state index is 0.0988. The Morgan fingerprint density at radius 1 is 1.05 bits per heavy atom. The number of nitrogens with zero attached hydrogens (tertiary/aromatic N) is 5.